The molecule has 0 fully saturated rings. The molecular formula is C35H38O9. The molecule has 44 heavy (non-hydrogen) atoms. The topological polar surface area (TPSA) is 158 Å². The van der Waals surface area contributed by atoms with Crippen LogP contribution in [-0.2, 0) is 27.2 Å². The van der Waals surface area contributed by atoms with E-state index in [9.17, 15) is 39.6 Å². The van der Waals surface area contributed by atoms with Gasteiger partial charge in [-0.1, -0.05) is 51.5 Å². The SMILES string of the molecule is CC(=O)C1=C(O)C[C@@]2(C)C[C@@]3(C)Cc4c(C(C)C)cc(CCC(=O)Oc5ccc(C)cc5)c(O)c4C(=O)C3=C(O)[C@@]2(O)C1=O. The first kappa shape index (κ1) is 31.2. The fourth-order valence-electron chi connectivity index (χ4n) is 7.54. The molecule has 0 aromatic heterocycles. The second-order valence-electron chi connectivity index (χ2n) is 13.4. The Labute approximate surface area is 255 Å². The molecule has 0 aliphatic heterocycles. The van der Waals surface area contributed by atoms with Crippen molar-refractivity contribution in [1.29, 1.82) is 0 Å². The van der Waals surface area contributed by atoms with E-state index >= 15 is 0 Å². The van der Waals surface area contributed by atoms with Gasteiger partial charge in [-0.15, -0.1) is 0 Å². The van der Waals surface area contributed by atoms with Gasteiger partial charge in [0.1, 0.15) is 28.6 Å². The first-order valence-electron chi connectivity index (χ1n) is 14.8. The molecular weight excluding hydrogens is 564 g/mol. The number of phenolic OH excluding ortho intramolecular Hbond substituents is 1. The molecule has 5 rings (SSSR count). The highest BCUT2D eigenvalue weighted by Crippen LogP contribution is 2.62. The number of ketones is 3. The average Bonchev–Trinajstić information content (AvgIpc) is 2.91. The number of aryl methyl sites for hydroxylation is 2. The van der Waals surface area contributed by atoms with Gasteiger partial charge in [-0.3, -0.25) is 19.2 Å². The van der Waals surface area contributed by atoms with Crippen LogP contribution in [0, 0.1) is 17.8 Å². The fraction of sp³-hybridized carbons (Fsp3) is 0.429. The van der Waals surface area contributed by atoms with E-state index in [1.165, 1.54) is 0 Å². The summed E-state index contributed by atoms with van der Waals surface area (Å²) < 4.78 is 5.42. The number of hydrogen-bond acceptors (Lipinski definition) is 9. The molecule has 0 bridgehead atoms. The third-order valence-corrected chi connectivity index (χ3v) is 9.61. The highest BCUT2D eigenvalue weighted by atomic mass is 16.5. The summed E-state index contributed by atoms with van der Waals surface area (Å²) in [6, 6.07) is 8.81. The molecule has 0 spiro atoms. The minimum Gasteiger partial charge on any atom is -0.511 e. The molecule has 3 aliphatic rings. The fourth-order valence-corrected chi connectivity index (χ4v) is 7.54. The summed E-state index contributed by atoms with van der Waals surface area (Å²) in [6.07, 6.45) is -0.0152. The Morgan fingerprint density at radius 1 is 1.02 bits per heavy atom. The number of hydrogen-bond donors (Lipinski definition) is 4. The maximum Gasteiger partial charge on any atom is 0.311 e. The Balaban J connectivity index is 1.58. The van der Waals surface area contributed by atoms with Gasteiger partial charge in [-0.25, -0.2) is 0 Å². The van der Waals surface area contributed by atoms with Crippen LogP contribution >= 0.6 is 0 Å². The second-order valence-corrected chi connectivity index (χ2v) is 13.4. The van der Waals surface area contributed by atoms with Crippen molar-refractivity contribution in [3.8, 4) is 11.5 Å². The predicted octanol–water partition coefficient (Wildman–Crippen LogP) is 5.43. The standard InChI is InChI=1S/C35H38O9/c1-17(2)22-13-20(9-12-25(38)44-21-10-7-18(3)8-11-21)29(39)27-23(22)14-33(5)16-34(6)15-24(37)26(19(4)36)31(41)35(34,43)32(42)28(33)30(27)40/h7-8,10-11,13,17,37,39,42-43H,9,12,14-16H2,1-6H3/t33-,34+,35+/m1/s1. The molecule has 9 heteroatoms. The van der Waals surface area contributed by atoms with Crippen LogP contribution in [0.4, 0.5) is 0 Å². The lowest BCUT2D eigenvalue weighted by Gasteiger charge is -2.56. The van der Waals surface area contributed by atoms with Crippen LogP contribution in [0.15, 0.2) is 53.0 Å². The van der Waals surface area contributed by atoms with Crippen molar-refractivity contribution < 1.29 is 44.3 Å². The lowest BCUT2D eigenvalue weighted by molar-refractivity contribution is -0.159. The van der Waals surface area contributed by atoms with Crippen molar-refractivity contribution >= 4 is 23.3 Å². The Hall–Kier alpha value is -4.24. The zero-order valence-electron chi connectivity index (χ0n) is 25.8. The van der Waals surface area contributed by atoms with Crippen molar-refractivity contribution in [2.45, 2.75) is 85.2 Å². The Kier molecular flexibility index (Phi) is 7.40. The zero-order chi connectivity index (χ0) is 32.5. The average molecular weight is 603 g/mol. The molecule has 2 aromatic rings. The smallest absolute Gasteiger partial charge is 0.311 e. The molecule has 0 radical (unpaired) electrons. The molecule has 3 aliphatic carbocycles. The summed E-state index contributed by atoms with van der Waals surface area (Å²) >= 11 is 0. The Bertz CT molecular complexity index is 1690. The van der Waals surface area contributed by atoms with Gasteiger partial charge in [0.2, 0.25) is 5.78 Å². The van der Waals surface area contributed by atoms with Crippen LogP contribution in [0.3, 0.4) is 0 Å². The van der Waals surface area contributed by atoms with E-state index in [1.807, 2.05) is 32.9 Å². The number of Topliss-reactive ketones (excluding diaryl/α,β-unsaturated/α-hetero) is 3. The van der Waals surface area contributed by atoms with Crippen LogP contribution < -0.4 is 4.74 Å². The number of ether oxygens (including phenoxy) is 1. The van der Waals surface area contributed by atoms with E-state index in [0.29, 0.717) is 16.9 Å². The van der Waals surface area contributed by atoms with Crippen molar-refractivity contribution in [2.75, 3.05) is 0 Å². The normalized spacial score (nSPS) is 26.4. The third kappa shape index (κ3) is 4.56. The summed E-state index contributed by atoms with van der Waals surface area (Å²) in [5.41, 5.74) is -3.22. The summed E-state index contributed by atoms with van der Waals surface area (Å²) in [7, 11) is 0. The van der Waals surface area contributed by atoms with Crippen molar-refractivity contribution in [2.24, 2.45) is 10.8 Å². The molecule has 0 amide bonds. The highest BCUT2D eigenvalue weighted by molar-refractivity contribution is 6.25. The van der Waals surface area contributed by atoms with Gasteiger partial charge in [-0.2, -0.15) is 0 Å². The Morgan fingerprint density at radius 2 is 1.66 bits per heavy atom. The number of rotatable bonds is 6. The molecule has 2 aromatic carbocycles. The summed E-state index contributed by atoms with van der Waals surface area (Å²) in [6.45, 7) is 10.2. The molecule has 0 heterocycles. The first-order chi connectivity index (χ1) is 20.4. The maximum absolute atomic E-state index is 14.3. The van der Waals surface area contributed by atoms with E-state index in [4.69, 9.17) is 4.74 Å². The largest absolute Gasteiger partial charge is 0.511 e. The summed E-state index contributed by atoms with van der Waals surface area (Å²) in [5.74, 6) is -4.51. The zero-order valence-corrected chi connectivity index (χ0v) is 25.8. The lowest BCUT2D eigenvalue weighted by Crippen LogP contribution is -2.63. The van der Waals surface area contributed by atoms with E-state index in [0.717, 1.165) is 18.1 Å². The number of carbonyl (C=O) groups is 4. The van der Waals surface area contributed by atoms with Gasteiger partial charge >= 0.3 is 5.97 Å². The lowest BCUT2D eigenvalue weighted by atomic mass is 9.48. The summed E-state index contributed by atoms with van der Waals surface area (Å²) in [4.78, 5) is 52.7. The molecule has 0 unspecified atom stereocenters. The molecule has 3 atom stereocenters. The number of aliphatic hydroxyl groups is 3. The highest BCUT2D eigenvalue weighted by Gasteiger charge is 2.67. The molecule has 9 nitrogen and oxygen atoms in total. The van der Waals surface area contributed by atoms with Crippen LogP contribution in [0.2, 0.25) is 0 Å². The van der Waals surface area contributed by atoms with Crippen LogP contribution in [0.25, 0.3) is 0 Å². The number of aromatic hydroxyl groups is 1. The van der Waals surface area contributed by atoms with Gasteiger partial charge < -0.3 is 25.2 Å². The second kappa shape index (κ2) is 10.4. The van der Waals surface area contributed by atoms with Crippen LogP contribution in [0.1, 0.15) is 92.4 Å². The maximum atomic E-state index is 14.3. The van der Waals surface area contributed by atoms with Gasteiger partial charge in [-0.05, 0) is 67.9 Å². The Morgan fingerprint density at radius 3 is 2.25 bits per heavy atom. The number of carbonyl (C=O) groups excluding carboxylic acids is 4. The van der Waals surface area contributed by atoms with Gasteiger partial charge in [0.25, 0.3) is 0 Å². The van der Waals surface area contributed by atoms with Crippen molar-refractivity contribution in [3.05, 3.63) is 80.8 Å². The number of phenols is 1. The van der Waals surface area contributed by atoms with E-state index in [1.54, 1.807) is 32.0 Å². The predicted molar refractivity (Wildman–Crippen MR) is 161 cm³/mol. The molecule has 0 saturated carbocycles. The number of benzene rings is 2. The van der Waals surface area contributed by atoms with Crippen molar-refractivity contribution in [1.82, 2.24) is 0 Å². The third-order valence-electron chi connectivity index (χ3n) is 9.61. The van der Waals surface area contributed by atoms with Crippen LogP contribution in [0.5, 0.6) is 11.5 Å². The van der Waals surface area contributed by atoms with Crippen LogP contribution in [-0.4, -0.2) is 49.3 Å². The number of allylic oxidation sites excluding steroid dienone is 2. The monoisotopic (exact) mass is 602 g/mol. The van der Waals surface area contributed by atoms with Gasteiger partial charge in [0.15, 0.2) is 17.2 Å². The van der Waals surface area contributed by atoms with Gasteiger partial charge in [0.05, 0.1) is 12.0 Å². The number of esters is 1. The minimum absolute atomic E-state index is 0.0347. The van der Waals surface area contributed by atoms with E-state index in [-0.39, 0.29) is 54.9 Å². The van der Waals surface area contributed by atoms with Gasteiger partial charge in [0, 0.05) is 22.8 Å². The first-order valence-corrected chi connectivity index (χ1v) is 14.8. The molecule has 4 N–H and O–H groups in total. The van der Waals surface area contributed by atoms with Crippen molar-refractivity contribution in [3.63, 3.8) is 0 Å². The minimum atomic E-state index is -2.63. The molecule has 0 saturated heterocycles. The molecule has 232 valence electrons. The summed E-state index contributed by atoms with van der Waals surface area (Å²) in [5, 5.41) is 45.6. The quantitative estimate of drug-likeness (QED) is 0.192. The van der Waals surface area contributed by atoms with E-state index in [2.05, 4.69) is 0 Å². The number of fused-ring (bicyclic) bond motifs is 3. The van der Waals surface area contributed by atoms with E-state index < -0.39 is 56.8 Å². The number of aliphatic hydroxyl groups excluding tert-OH is 2.